The lowest BCUT2D eigenvalue weighted by molar-refractivity contribution is -0.126. The maximum atomic E-state index is 12.4. The van der Waals surface area contributed by atoms with Crippen molar-refractivity contribution >= 4 is 17.5 Å². The van der Waals surface area contributed by atoms with Crippen molar-refractivity contribution in [1.29, 1.82) is 0 Å². The minimum absolute atomic E-state index is 0.0183. The number of carbonyl (C=O) groups excluding carboxylic acids is 2. The molecule has 1 aromatic rings. The summed E-state index contributed by atoms with van der Waals surface area (Å²) >= 11 is 0. The van der Waals surface area contributed by atoms with Gasteiger partial charge in [-0.3, -0.25) is 9.59 Å². The van der Waals surface area contributed by atoms with Crippen molar-refractivity contribution in [3.63, 3.8) is 0 Å². The lowest BCUT2D eigenvalue weighted by Gasteiger charge is -2.20. The predicted molar refractivity (Wildman–Crippen MR) is 94.7 cm³/mol. The van der Waals surface area contributed by atoms with Crippen molar-refractivity contribution in [3.8, 4) is 0 Å². The molecular weight excluding hydrogens is 302 g/mol. The van der Waals surface area contributed by atoms with Crippen LogP contribution in [0.5, 0.6) is 0 Å². The molecule has 2 unspecified atom stereocenters. The fourth-order valence-electron chi connectivity index (χ4n) is 3.63. The lowest BCUT2D eigenvalue weighted by Crippen LogP contribution is -2.37. The molecule has 5 nitrogen and oxygen atoms in total. The fourth-order valence-corrected chi connectivity index (χ4v) is 3.63. The van der Waals surface area contributed by atoms with E-state index in [1.54, 1.807) is 4.90 Å². The number of hydrogen-bond donors (Lipinski definition) is 1. The van der Waals surface area contributed by atoms with E-state index < -0.39 is 0 Å². The standard InChI is InChI=1S/C19H27N3O2/c1-14(2)21-9-8-15(12-21)11-20-19(24)16-10-18(23)22(13-16)17-6-4-3-5-7-17/h3-7,14-16H,8-13H2,1-2H3,(H,20,24). The number of nitrogens with one attached hydrogen (secondary N) is 1. The molecule has 2 aliphatic heterocycles. The second kappa shape index (κ2) is 7.34. The van der Waals surface area contributed by atoms with Crippen LogP contribution in [0.15, 0.2) is 30.3 Å². The van der Waals surface area contributed by atoms with E-state index in [4.69, 9.17) is 0 Å². The Morgan fingerprint density at radius 2 is 2.00 bits per heavy atom. The molecule has 2 aliphatic rings. The van der Waals surface area contributed by atoms with Gasteiger partial charge in [-0.25, -0.2) is 0 Å². The summed E-state index contributed by atoms with van der Waals surface area (Å²) in [6.45, 7) is 7.79. The average Bonchev–Trinajstić information content (AvgIpc) is 3.20. The fraction of sp³-hybridized carbons (Fsp3) is 0.579. The van der Waals surface area contributed by atoms with E-state index in [0.29, 0.717) is 24.9 Å². The highest BCUT2D eigenvalue weighted by molar-refractivity contribution is 6.00. The molecular formula is C19H27N3O2. The number of hydrogen-bond acceptors (Lipinski definition) is 3. The molecule has 0 aromatic heterocycles. The van der Waals surface area contributed by atoms with Crippen LogP contribution < -0.4 is 10.2 Å². The van der Waals surface area contributed by atoms with E-state index in [-0.39, 0.29) is 17.7 Å². The number of likely N-dealkylation sites (tertiary alicyclic amines) is 1. The molecule has 0 spiro atoms. The Bertz CT molecular complexity index is 588. The maximum absolute atomic E-state index is 12.4. The number of anilines is 1. The molecule has 1 N–H and O–H groups in total. The van der Waals surface area contributed by atoms with Gasteiger partial charge in [-0.2, -0.15) is 0 Å². The highest BCUT2D eigenvalue weighted by Gasteiger charge is 2.35. The van der Waals surface area contributed by atoms with Gasteiger partial charge in [0.25, 0.3) is 0 Å². The van der Waals surface area contributed by atoms with Crippen molar-refractivity contribution in [3.05, 3.63) is 30.3 Å². The van der Waals surface area contributed by atoms with Gasteiger partial charge < -0.3 is 15.1 Å². The second-order valence-corrected chi connectivity index (χ2v) is 7.23. The summed E-state index contributed by atoms with van der Waals surface area (Å²) in [5, 5.41) is 3.07. The van der Waals surface area contributed by atoms with Gasteiger partial charge in [-0.1, -0.05) is 18.2 Å². The third-order valence-corrected chi connectivity index (χ3v) is 5.18. The number of rotatable bonds is 5. The quantitative estimate of drug-likeness (QED) is 0.897. The highest BCUT2D eigenvalue weighted by atomic mass is 16.2. The average molecular weight is 329 g/mol. The summed E-state index contributed by atoms with van der Waals surface area (Å²) in [5.41, 5.74) is 0.876. The third-order valence-electron chi connectivity index (χ3n) is 5.18. The Balaban J connectivity index is 1.49. The van der Waals surface area contributed by atoms with Crippen LogP contribution in [-0.4, -0.2) is 48.9 Å². The Labute approximate surface area is 144 Å². The zero-order valence-corrected chi connectivity index (χ0v) is 14.6. The summed E-state index contributed by atoms with van der Waals surface area (Å²) in [4.78, 5) is 28.8. The van der Waals surface area contributed by atoms with Gasteiger partial charge in [-0.05, 0) is 44.9 Å². The molecule has 0 saturated carbocycles. The van der Waals surface area contributed by atoms with E-state index in [0.717, 1.165) is 31.7 Å². The minimum Gasteiger partial charge on any atom is -0.355 e. The molecule has 2 amide bonds. The van der Waals surface area contributed by atoms with Gasteiger partial charge >= 0.3 is 0 Å². The van der Waals surface area contributed by atoms with Gasteiger partial charge in [0.15, 0.2) is 0 Å². The molecule has 5 heteroatoms. The number of amides is 2. The SMILES string of the molecule is CC(C)N1CCC(CNC(=O)C2CC(=O)N(c3ccccc3)C2)C1. The van der Waals surface area contributed by atoms with E-state index in [1.165, 1.54) is 0 Å². The molecule has 24 heavy (non-hydrogen) atoms. The van der Waals surface area contributed by atoms with Crippen LogP contribution >= 0.6 is 0 Å². The van der Waals surface area contributed by atoms with Crippen LogP contribution in [-0.2, 0) is 9.59 Å². The van der Waals surface area contributed by atoms with Crippen LogP contribution in [0.2, 0.25) is 0 Å². The Morgan fingerprint density at radius 3 is 2.67 bits per heavy atom. The van der Waals surface area contributed by atoms with Crippen molar-refractivity contribution in [2.24, 2.45) is 11.8 Å². The number of para-hydroxylation sites is 1. The summed E-state index contributed by atoms with van der Waals surface area (Å²) in [6, 6.07) is 10.1. The number of nitrogens with zero attached hydrogens (tertiary/aromatic N) is 2. The summed E-state index contributed by atoms with van der Waals surface area (Å²) in [7, 11) is 0. The van der Waals surface area contributed by atoms with Gasteiger partial charge in [0.1, 0.15) is 0 Å². The predicted octanol–water partition coefficient (Wildman–Crippen LogP) is 1.89. The molecule has 1 aromatic carbocycles. The monoisotopic (exact) mass is 329 g/mol. The number of benzene rings is 1. The van der Waals surface area contributed by atoms with Crippen LogP contribution in [0.1, 0.15) is 26.7 Å². The maximum Gasteiger partial charge on any atom is 0.227 e. The zero-order valence-electron chi connectivity index (χ0n) is 14.6. The Morgan fingerprint density at radius 1 is 1.25 bits per heavy atom. The molecule has 130 valence electrons. The first kappa shape index (κ1) is 17.0. The molecule has 2 atom stereocenters. The molecule has 0 radical (unpaired) electrons. The van der Waals surface area contributed by atoms with Gasteiger partial charge in [0.2, 0.25) is 11.8 Å². The summed E-state index contributed by atoms with van der Waals surface area (Å²) in [5.74, 6) is 0.344. The first-order chi connectivity index (χ1) is 11.5. The van der Waals surface area contributed by atoms with E-state index in [1.807, 2.05) is 30.3 Å². The Kier molecular flexibility index (Phi) is 5.19. The minimum atomic E-state index is -0.236. The smallest absolute Gasteiger partial charge is 0.227 e. The van der Waals surface area contributed by atoms with Gasteiger partial charge in [0, 0.05) is 37.8 Å². The van der Waals surface area contributed by atoms with E-state index in [2.05, 4.69) is 24.1 Å². The van der Waals surface area contributed by atoms with E-state index in [9.17, 15) is 9.59 Å². The Hall–Kier alpha value is -1.88. The second-order valence-electron chi connectivity index (χ2n) is 7.23. The van der Waals surface area contributed by atoms with Crippen molar-refractivity contribution in [1.82, 2.24) is 10.2 Å². The molecule has 2 saturated heterocycles. The largest absolute Gasteiger partial charge is 0.355 e. The lowest BCUT2D eigenvalue weighted by atomic mass is 10.1. The number of carbonyl (C=O) groups is 2. The highest BCUT2D eigenvalue weighted by Crippen LogP contribution is 2.25. The molecule has 2 fully saturated rings. The molecule has 3 rings (SSSR count). The van der Waals surface area contributed by atoms with Crippen molar-refractivity contribution < 1.29 is 9.59 Å². The third kappa shape index (κ3) is 3.78. The molecule has 2 heterocycles. The molecule has 0 aliphatic carbocycles. The first-order valence-corrected chi connectivity index (χ1v) is 8.91. The van der Waals surface area contributed by atoms with Crippen molar-refractivity contribution in [2.45, 2.75) is 32.7 Å². The van der Waals surface area contributed by atoms with Gasteiger partial charge in [-0.15, -0.1) is 0 Å². The topological polar surface area (TPSA) is 52.7 Å². The summed E-state index contributed by atoms with van der Waals surface area (Å²) < 4.78 is 0. The van der Waals surface area contributed by atoms with Crippen LogP contribution in [0.3, 0.4) is 0 Å². The van der Waals surface area contributed by atoms with Crippen molar-refractivity contribution in [2.75, 3.05) is 31.1 Å². The van der Waals surface area contributed by atoms with E-state index >= 15 is 0 Å². The van der Waals surface area contributed by atoms with Crippen LogP contribution in [0.4, 0.5) is 5.69 Å². The summed E-state index contributed by atoms with van der Waals surface area (Å²) in [6.07, 6.45) is 1.45. The van der Waals surface area contributed by atoms with Gasteiger partial charge in [0.05, 0.1) is 5.92 Å². The first-order valence-electron chi connectivity index (χ1n) is 8.91. The van der Waals surface area contributed by atoms with Crippen LogP contribution in [0, 0.1) is 11.8 Å². The zero-order chi connectivity index (χ0) is 17.1. The normalized spacial score (nSPS) is 24.8. The van der Waals surface area contributed by atoms with Crippen LogP contribution in [0.25, 0.3) is 0 Å². The molecule has 0 bridgehead atoms.